The maximum absolute atomic E-state index is 5.17. The Morgan fingerprint density at radius 2 is 1.59 bits per heavy atom. The molecule has 0 N–H and O–H groups in total. The van der Waals surface area contributed by atoms with E-state index in [2.05, 4.69) is 180 Å². The zero-order valence-electron chi connectivity index (χ0n) is 37.3. The molecule has 2 fully saturated rings. The largest absolute Gasteiger partial charge is 0.318 e. The highest BCUT2D eigenvalue weighted by Gasteiger charge is 2.61. The fourth-order valence-electron chi connectivity index (χ4n) is 11.8. The molecule has 296 valence electrons. The van der Waals surface area contributed by atoms with Crippen LogP contribution in [0.1, 0.15) is 158 Å². The van der Waals surface area contributed by atoms with Gasteiger partial charge in [0.25, 0.3) is 0 Å². The number of hydrogen-bond donors (Lipinski definition) is 0. The molecular formula is C53H70BNS. The lowest BCUT2D eigenvalue weighted by Gasteiger charge is -2.55. The molecule has 0 spiro atoms. The second-order valence-corrected chi connectivity index (χ2v) is 22.7. The van der Waals surface area contributed by atoms with E-state index >= 15 is 0 Å². The van der Waals surface area contributed by atoms with E-state index < -0.39 is 0 Å². The van der Waals surface area contributed by atoms with Crippen LogP contribution in [0.3, 0.4) is 0 Å². The van der Waals surface area contributed by atoms with Gasteiger partial charge < -0.3 is 4.90 Å². The second-order valence-electron chi connectivity index (χ2n) is 21.2. The van der Waals surface area contributed by atoms with Crippen LogP contribution in [0.2, 0.25) is 0 Å². The number of nitrogens with zero attached hydrogens (tertiary/aromatic N) is 1. The van der Waals surface area contributed by atoms with Gasteiger partial charge in [-0.15, -0.1) is 18.3 Å². The minimum atomic E-state index is -0.0666. The number of anilines is 1. The number of thioether (sulfide) groups is 1. The van der Waals surface area contributed by atoms with Crippen molar-refractivity contribution in [2.24, 2.45) is 16.2 Å². The Morgan fingerprint density at radius 3 is 2.21 bits per heavy atom. The van der Waals surface area contributed by atoms with Gasteiger partial charge in [0.05, 0.1) is 0 Å². The Hall–Kier alpha value is -3.17. The minimum absolute atomic E-state index is 0.0379. The summed E-state index contributed by atoms with van der Waals surface area (Å²) in [7, 11) is 0. The molecule has 5 unspecified atom stereocenters. The molecule has 7 rings (SSSR count). The van der Waals surface area contributed by atoms with Gasteiger partial charge in [0, 0.05) is 32.6 Å². The van der Waals surface area contributed by atoms with E-state index in [-0.39, 0.29) is 38.5 Å². The summed E-state index contributed by atoms with van der Waals surface area (Å²) in [4.78, 5) is 4.04. The first-order valence-electron chi connectivity index (χ1n) is 21.7. The van der Waals surface area contributed by atoms with Crippen LogP contribution in [0.25, 0.3) is 0 Å². The van der Waals surface area contributed by atoms with Crippen molar-refractivity contribution in [2.45, 2.75) is 161 Å². The monoisotopic (exact) mass is 764 g/mol. The van der Waals surface area contributed by atoms with Crippen LogP contribution in [-0.4, -0.2) is 11.5 Å². The van der Waals surface area contributed by atoms with Gasteiger partial charge in [-0.05, 0) is 127 Å². The molecule has 2 aromatic rings. The van der Waals surface area contributed by atoms with Crippen LogP contribution >= 0.6 is 11.8 Å². The molecule has 0 saturated heterocycles. The average Bonchev–Trinajstić information content (AvgIpc) is 3.68. The van der Waals surface area contributed by atoms with Crippen LogP contribution in [0.15, 0.2) is 124 Å². The third kappa shape index (κ3) is 6.28. The van der Waals surface area contributed by atoms with Crippen molar-refractivity contribution in [1.29, 1.82) is 0 Å². The third-order valence-electron chi connectivity index (χ3n) is 15.9. The highest BCUT2D eigenvalue weighted by molar-refractivity contribution is 8.01. The summed E-state index contributed by atoms with van der Waals surface area (Å²) in [6, 6.07) is 15.1. The summed E-state index contributed by atoms with van der Waals surface area (Å²) in [5.41, 5.74) is 15.9. The Bertz CT molecular complexity index is 2110. The van der Waals surface area contributed by atoms with Crippen molar-refractivity contribution in [3.8, 4) is 0 Å². The average molecular weight is 764 g/mol. The molecule has 0 amide bonds. The summed E-state index contributed by atoms with van der Waals surface area (Å²) in [5.74, 6) is 0.490. The molecular weight excluding hydrogens is 693 g/mol. The molecule has 56 heavy (non-hydrogen) atoms. The number of benzene rings is 2. The Balaban J connectivity index is 1.50. The number of fused-ring (bicyclic) bond motifs is 5. The molecule has 3 heteroatoms. The van der Waals surface area contributed by atoms with Crippen molar-refractivity contribution in [3.63, 3.8) is 0 Å². The molecule has 3 aliphatic carbocycles. The summed E-state index contributed by atoms with van der Waals surface area (Å²) in [6.45, 7) is 40.6. The molecule has 5 atom stereocenters. The van der Waals surface area contributed by atoms with Gasteiger partial charge in [-0.2, -0.15) is 0 Å². The predicted octanol–water partition coefficient (Wildman–Crippen LogP) is 14.7. The van der Waals surface area contributed by atoms with Crippen LogP contribution in [0.5, 0.6) is 0 Å². The summed E-state index contributed by atoms with van der Waals surface area (Å²) in [5, 5.41) is 0. The number of hydrogen-bond acceptors (Lipinski definition) is 2. The molecule has 2 saturated carbocycles. The molecule has 0 radical (unpaired) electrons. The highest BCUT2D eigenvalue weighted by atomic mass is 32.2. The first-order valence-corrected chi connectivity index (χ1v) is 22.5. The van der Waals surface area contributed by atoms with E-state index in [0.717, 1.165) is 6.42 Å². The van der Waals surface area contributed by atoms with Crippen LogP contribution < -0.4 is 10.4 Å². The van der Waals surface area contributed by atoms with Gasteiger partial charge in [0.15, 0.2) is 0 Å². The SMILES string of the molecule is C=C/C=C\C(=C/N1/C(=C/C(C)=C\C)C(=C)B(C2=C(C)CC(c3ccc(C(C)(C)C)cc3)C3(C)CCCC23C)c2cc3c(cc21)C1(C)CCCC1(C)S3)C(C)(C)C. The van der Waals surface area contributed by atoms with Gasteiger partial charge >= 0.3 is 0 Å². The highest BCUT2D eigenvalue weighted by Crippen LogP contribution is 2.69. The van der Waals surface area contributed by atoms with E-state index in [1.54, 1.807) is 16.6 Å². The first kappa shape index (κ1) is 41.0. The van der Waals surface area contributed by atoms with Crippen molar-refractivity contribution in [1.82, 2.24) is 0 Å². The van der Waals surface area contributed by atoms with Gasteiger partial charge in [-0.3, -0.25) is 0 Å². The third-order valence-corrected chi connectivity index (χ3v) is 17.5. The molecule has 2 aromatic carbocycles. The first-order chi connectivity index (χ1) is 26.1. The molecule has 0 aromatic heterocycles. The maximum atomic E-state index is 5.17. The molecule has 2 heterocycles. The van der Waals surface area contributed by atoms with E-state index in [0.29, 0.717) is 5.92 Å². The number of rotatable bonds is 6. The topological polar surface area (TPSA) is 3.24 Å². The fourth-order valence-corrected chi connectivity index (χ4v) is 13.5. The van der Waals surface area contributed by atoms with E-state index in [9.17, 15) is 0 Å². The van der Waals surface area contributed by atoms with Gasteiger partial charge in [-0.25, -0.2) is 0 Å². The normalized spacial score (nSPS) is 31.7. The minimum Gasteiger partial charge on any atom is -0.318 e. The van der Waals surface area contributed by atoms with Gasteiger partial charge in [0.1, 0.15) is 0 Å². The van der Waals surface area contributed by atoms with Crippen LogP contribution in [0.4, 0.5) is 5.69 Å². The van der Waals surface area contributed by atoms with Gasteiger partial charge in [0.2, 0.25) is 6.71 Å². The molecule has 5 aliphatic rings. The Kier molecular flexibility index (Phi) is 10.2. The standard InChI is InChI=1S/C53H70BNS/c1-16-18-21-40(49(9,10)11)34-55-44(30-35(3)17-2)37(5)54(43-33-46-42(32-45(43)55)51(13)27-20-29-53(51,15)56-46)47-36(4)31-41(50(12)26-19-28-52(47,50)14)38-22-24-39(25-23-38)48(6,7)8/h16-18,21-25,30,32-34,41H,1,5,19-20,26-29,31H2,2-4,6-15H3/b21-18-,35-17-,40-34+,44-30+. The van der Waals surface area contributed by atoms with Crippen molar-refractivity contribution >= 4 is 29.6 Å². The van der Waals surface area contributed by atoms with Crippen LogP contribution in [-0.2, 0) is 10.8 Å². The molecule has 1 nitrogen and oxygen atoms in total. The van der Waals surface area contributed by atoms with Gasteiger partial charge in [-0.1, -0.05) is 158 Å². The van der Waals surface area contributed by atoms with Crippen molar-refractivity contribution in [2.75, 3.05) is 4.90 Å². The smallest absolute Gasteiger partial charge is 0.242 e. The Morgan fingerprint density at radius 1 is 0.929 bits per heavy atom. The van der Waals surface area contributed by atoms with Crippen molar-refractivity contribution < 1.29 is 0 Å². The lowest BCUT2D eigenvalue weighted by Crippen LogP contribution is -2.54. The summed E-state index contributed by atoms with van der Waals surface area (Å²) < 4.78 is 0.224. The molecule has 2 aliphatic heterocycles. The van der Waals surface area contributed by atoms with Crippen molar-refractivity contribution in [3.05, 3.63) is 136 Å². The van der Waals surface area contributed by atoms with E-state index in [1.807, 2.05) is 6.08 Å². The summed E-state index contributed by atoms with van der Waals surface area (Å²) in [6.07, 6.45) is 22.0. The lowest BCUT2D eigenvalue weighted by molar-refractivity contribution is 0.102. The predicted molar refractivity (Wildman–Crippen MR) is 249 cm³/mol. The maximum Gasteiger partial charge on any atom is 0.242 e. The number of allylic oxidation sites excluding steroid dienone is 10. The quantitative estimate of drug-likeness (QED) is 0.213. The lowest BCUT2D eigenvalue weighted by atomic mass is 9.27. The van der Waals surface area contributed by atoms with Crippen LogP contribution in [0, 0.1) is 16.2 Å². The zero-order valence-corrected chi connectivity index (χ0v) is 38.1. The van der Waals surface area contributed by atoms with E-state index in [1.165, 1.54) is 88.0 Å². The fraction of sp³-hybridized carbons (Fsp3) is 0.509. The second kappa shape index (κ2) is 14.0. The zero-order chi connectivity index (χ0) is 40.8. The molecule has 0 bridgehead atoms. The Labute approximate surface area is 346 Å². The summed E-state index contributed by atoms with van der Waals surface area (Å²) >= 11 is 2.17. The van der Waals surface area contributed by atoms with E-state index in [4.69, 9.17) is 6.58 Å².